The number of aliphatic imine (C=N–C) groups is 1. The lowest BCUT2D eigenvalue weighted by Crippen LogP contribution is -2.46. The molecule has 2 heterocycles. The molecule has 2 aromatic rings. The molecule has 1 fully saturated rings. The number of nitrogens with zero attached hydrogens (tertiary/aromatic N) is 5. The van der Waals surface area contributed by atoms with Crippen LogP contribution in [0.3, 0.4) is 0 Å². The Balaban J connectivity index is 1.82. The molecule has 0 radical (unpaired) electrons. The van der Waals surface area contributed by atoms with Crippen LogP contribution in [0.4, 0.5) is 5.82 Å². The topological polar surface area (TPSA) is 71.3 Å². The third kappa shape index (κ3) is 3.41. The molecule has 1 aromatic carbocycles. The second kappa shape index (κ2) is 6.63. The molecule has 1 aliphatic rings. The molecule has 1 aromatic heterocycles. The Morgan fingerprint density at radius 1 is 1.22 bits per heavy atom. The Hall–Kier alpha value is -2.65. The van der Waals surface area contributed by atoms with E-state index in [1.165, 1.54) is 0 Å². The second-order valence-electron chi connectivity index (χ2n) is 5.77. The molecule has 0 spiro atoms. The lowest BCUT2D eigenvalue weighted by molar-refractivity contribution is 0.215. The van der Waals surface area contributed by atoms with Crippen LogP contribution in [0.1, 0.15) is 12.5 Å². The average molecular weight is 308 g/mol. The molecule has 118 valence electrons. The molecule has 6 heteroatoms. The van der Waals surface area contributed by atoms with E-state index in [1.807, 2.05) is 31.2 Å². The lowest BCUT2D eigenvalue weighted by Gasteiger charge is -2.33. The Morgan fingerprint density at radius 3 is 2.57 bits per heavy atom. The fourth-order valence-corrected chi connectivity index (χ4v) is 2.66. The highest BCUT2D eigenvalue weighted by Gasteiger charge is 2.15. The maximum atomic E-state index is 8.90. The predicted octanol–water partition coefficient (Wildman–Crippen LogP) is 2.25. The summed E-state index contributed by atoms with van der Waals surface area (Å²) in [6.45, 7) is 6.13. The molecular weight excluding hydrogens is 288 g/mol. The van der Waals surface area contributed by atoms with Crippen molar-refractivity contribution in [2.45, 2.75) is 6.92 Å². The summed E-state index contributed by atoms with van der Waals surface area (Å²) in [6, 6.07) is 9.60. The van der Waals surface area contributed by atoms with E-state index in [-0.39, 0.29) is 0 Å². The molecule has 0 saturated carbocycles. The van der Waals surface area contributed by atoms with E-state index < -0.39 is 0 Å². The van der Waals surface area contributed by atoms with Crippen molar-refractivity contribution in [3.63, 3.8) is 0 Å². The summed E-state index contributed by atoms with van der Waals surface area (Å²) in [5, 5.41) is 16.0. The zero-order chi connectivity index (χ0) is 16.2. The number of piperazine rings is 1. The van der Waals surface area contributed by atoms with Crippen LogP contribution in [-0.4, -0.2) is 59.1 Å². The third-order valence-electron chi connectivity index (χ3n) is 4.18. The fraction of sp³-hybridized carbons (Fsp3) is 0.353. The van der Waals surface area contributed by atoms with Gasteiger partial charge in [-0.2, -0.15) is 10.4 Å². The van der Waals surface area contributed by atoms with Gasteiger partial charge in [-0.3, -0.25) is 5.10 Å². The number of aromatic amines is 1. The van der Waals surface area contributed by atoms with Gasteiger partial charge < -0.3 is 9.80 Å². The minimum absolute atomic E-state index is 0.649. The maximum absolute atomic E-state index is 8.90. The molecule has 6 nitrogen and oxygen atoms in total. The highest BCUT2D eigenvalue weighted by atomic mass is 15.3. The van der Waals surface area contributed by atoms with Gasteiger partial charge >= 0.3 is 0 Å². The van der Waals surface area contributed by atoms with Gasteiger partial charge in [0.1, 0.15) is 5.84 Å². The number of hydrogen-bond acceptors (Lipinski definition) is 4. The summed E-state index contributed by atoms with van der Waals surface area (Å²) in [6.07, 6.45) is 1.78. The first kappa shape index (κ1) is 15.3. The largest absolute Gasteiger partial charge is 0.358 e. The van der Waals surface area contributed by atoms with E-state index in [9.17, 15) is 0 Å². The number of aromatic nitrogens is 2. The van der Waals surface area contributed by atoms with Crippen molar-refractivity contribution in [1.29, 1.82) is 5.26 Å². The summed E-state index contributed by atoms with van der Waals surface area (Å²) in [7, 11) is 2.14. The highest BCUT2D eigenvalue weighted by Crippen LogP contribution is 2.28. The number of amidine groups is 1. The first-order chi connectivity index (χ1) is 11.2. The van der Waals surface area contributed by atoms with E-state index in [0.29, 0.717) is 5.56 Å². The van der Waals surface area contributed by atoms with Crippen LogP contribution in [0.25, 0.3) is 11.1 Å². The molecule has 1 saturated heterocycles. The minimum Gasteiger partial charge on any atom is -0.358 e. The Morgan fingerprint density at radius 2 is 1.91 bits per heavy atom. The van der Waals surface area contributed by atoms with Gasteiger partial charge in [0.15, 0.2) is 5.82 Å². The number of H-pyrrole nitrogens is 1. The molecule has 23 heavy (non-hydrogen) atoms. The maximum Gasteiger partial charge on any atom is 0.157 e. The average Bonchev–Trinajstić information content (AvgIpc) is 3.03. The van der Waals surface area contributed by atoms with E-state index in [1.54, 1.807) is 6.20 Å². The molecule has 0 unspecified atom stereocenters. The van der Waals surface area contributed by atoms with Crippen LogP contribution in [-0.2, 0) is 0 Å². The van der Waals surface area contributed by atoms with E-state index in [4.69, 9.17) is 10.3 Å². The van der Waals surface area contributed by atoms with Crippen LogP contribution < -0.4 is 0 Å². The number of nitrogens with one attached hydrogen (secondary N) is 1. The minimum atomic E-state index is 0.649. The number of rotatable bonds is 2. The van der Waals surface area contributed by atoms with E-state index in [0.717, 1.165) is 49.0 Å². The van der Waals surface area contributed by atoms with Gasteiger partial charge in [-0.15, -0.1) is 0 Å². The molecular formula is C17H20N6. The van der Waals surface area contributed by atoms with Gasteiger partial charge in [0.25, 0.3) is 0 Å². The van der Waals surface area contributed by atoms with Crippen molar-refractivity contribution < 1.29 is 0 Å². The monoisotopic (exact) mass is 308 g/mol. The van der Waals surface area contributed by atoms with Crippen molar-refractivity contribution in [2.75, 3.05) is 33.2 Å². The molecule has 1 aliphatic heterocycles. The molecule has 0 bridgehead atoms. The van der Waals surface area contributed by atoms with Crippen LogP contribution in [0, 0.1) is 11.3 Å². The first-order valence-corrected chi connectivity index (χ1v) is 7.70. The summed E-state index contributed by atoms with van der Waals surface area (Å²) >= 11 is 0. The van der Waals surface area contributed by atoms with Crippen molar-refractivity contribution in [3.8, 4) is 17.2 Å². The number of benzene rings is 1. The lowest BCUT2D eigenvalue weighted by atomic mass is 10.1. The van der Waals surface area contributed by atoms with Gasteiger partial charge in [-0.1, -0.05) is 12.1 Å². The Kier molecular flexibility index (Phi) is 4.40. The third-order valence-corrected chi connectivity index (χ3v) is 4.18. The van der Waals surface area contributed by atoms with Crippen LogP contribution in [0.5, 0.6) is 0 Å². The molecule has 3 rings (SSSR count). The first-order valence-electron chi connectivity index (χ1n) is 7.70. The van der Waals surface area contributed by atoms with Crippen molar-refractivity contribution >= 4 is 11.7 Å². The zero-order valence-electron chi connectivity index (χ0n) is 13.5. The number of hydrogen-bond donors (Lipinski definition) is 1. The summed E-state index contributed by atoms with van der Waals surface area (Å²) in [5.74, 6) is 1.75. The van der Waals surface area contributed by atoms with Crippen LogP contribution in [0.2, 0.25) is 0 Å². The van der Waals surface area contributed by atoms with Crippen LogP contribution in [0.15, 0.2) is 35.5 Å². The Bertz CT molecular complexity index is 729. The SMILES string of the molecule is CC(=Nc1[nH]ncc1-c1ccc(C#N)cc1)N1CCN(C)CC1. The molecule has 0 aliphatic carbocycles. The van der Waals surface area contributed by atoms with Crippen molar-refractivity contribution in [1.82, 2.24) is 20.0 Å². The Labute approximate surface area is 136 Å². The number of likely N-dealkylation sites (N-methyl/N-ethyl adjacent to an activating group) is 1. The van der Waals surface area contributed by atoms with E-state index in [2.05, 4.69) is 33.1 Å². The van der Waals surface area contributed by atoms with Gasteiger partial charge in [-0.05, 0) is 31.7 Å². The van der Waals surface area contributed by atoms with Crippen molar-refractivity contribution in [2.24, 2.45) is 4.99 Å². The quantitative estimate of drug-likeness (QED) is 0.682. The standard InChI is InChI=1S/C17H20N6/c1-13(23-9-7-22(2)8-10-23)20-17-16(12-19-21-17)15-5-3-14(11-18)4-6-15/h3-6,12H,7-10H2,1-2H3,(H,19,21). The second-order valence-corrected chi connectivity index (χ2v) is 5.77. The normalized spacial score (nSPS) is 16.4. The molecule has 0 atom stereocenters. The van der Waals surface area contributed by atoms with Gasteiger partial charge in [0.05, 0.1) is 17.8 Å². The van der Waals surface area contributed by atoms with Crippen LogP contribution >= 0.6 is 0 Å². The predicted molar refractivity (Wildman–Crippen MR) is 90.6 cm³/mol. The fourth-order valence-electron chi connectivity index (χ4n) is 2.66. The summed E-state index contributed by atoms with van der Waals surface area (Å²) < 4.78 is 0. The van der Waals surface area contributed by atoms with Crippen molar-refractivity contribution in [3.05, 3.63) is 36.0 Å². The van der Waals surface area contributed by atoms with Gasteiger partial charge in [-0.25, -0.2) is 4.99 Å². The highest BCUT2D eigenvalue weighted by molar-refractivity contribution is 5.85. The van der Waals surface area contributed by atoms with Gasteiger partial charge in [0.2, 0.25) is 0 Å². The zero-order valence-corrected chi connectivity index (χ0v) is 13.5. The molecule has 0 amide bonds. The number of nitriles is 1. The van der Waals surface area contributed by atoms with Gasteiger partial charge in [0, 0.05) is 31.7 Å². The smallest absolute Gasteiger partial charge is 0.157 e. The van der Waals surface area contributed by atoms with E-state index >= 15 is 0 Å². The summed E-state index contributed by atoms with van der Waals surface area (Å²) in [4.78, 5) is 9.34. The molecule has 1 N–H and O–H groups in total. The summed E-state index contributed by atoms with van der Waals surface area (Å²) in [5.41, 5.74) is 2.60.